The summed E-state index contributed by atoms with van der Waals surface area (Å²) < 4.78 is 0. The van der Waals surface area contributed by atoms with Crippen molar-refractivity contribution in [3.63, 3.8) is 0 Å². The molecule has 3 rings (SSSR count). The topological polar surface area (TPSA) is 20.2 Å². The van der Waals surface area contributed by atoms with E-state index in [4.69, 9.17) is 0 Å². The molecule has 1 unspecified atom stereocenters. The number of benzene rings is 1. The number of aliphatic hydroxyl groups is 1. The fourth-order valence-electron chi connectivity index (χ4n) is 1.86. The molecule has 64 valence electrons. The fraction of sp³-hybridized carbons (Fsp3) is 0.0909. The van der Waals surface area contributed by atoms with Crippen LogP contribution in [-0.4, -0.2) is 5.11 Å². The van der Waals surface area contributed by atoms with Crippen LogP contribution in [0, 0.1) is 0 Å². The van der Waals surface area contributed by atoms with Gasteiger partial charge in [-0.25, -0.2) is 0 Å². The number of aliphatic hydroxyl groups excluding tert-OH is 1. The summed E-state index contributed by atoms with van der Waals surface area (Å²) in [5.41, 5.74) is 3.30. The van der Waals surface area contributed by atoms with E-state index in [9.17, 15) is 5.11 Å². The van der Waals surface area contributed by atoms with Gasteiger partial charge in [0.25, 0.3) is 0 Å². The lowest BCUT2D eigenvalue weighted by Crippen LogP contribution is -1.91. The van der Waals surface area contributed by atoms with Crippen molar-refractivity contribution in [2.75, 3.05) is 0 Å². The maximum absolute atomic E-state index is 9.93. The minimum absolute atomic E-state index is 0.405. The lowest BCUT2D eigenvalue weighted by Gasteiger charge is -2.02. The van der Waals surface area contributed by atoms with E-state index in [2.05, 4.69) is 6.07 Å². The fourth-order valence-corrected chi connectivity index (χ4v) is 2.84. The normalized spacial score (nSPS) is 18.4. The number of hydrogen-bond donors (Lipinski definition) is 1. The summed E-state index contributed by atoms with van der Waals surface area (Å²) in [6.07, 6.45) is -0.405. The Morgan fingerprint density at radius 3 is 2.85 bits per heavy atom. The average molecular weight is 188 g/mol. The molecule has 1 aromatic heterocycles. The molecular formula is C11H8OS. The zero-order valence-corrected chi connectivity index (χ0v) is 7.71. The molecule has 0 saturated carbocycles. The molecule has 1 N–H and O–H groups in total. The SMILES string of the molecule is OC1c2ccccc2-c2sccc21. The Labute approximate surface area is 80.3 Å². The van der Waals surface area contributed by atoms with Crippen LogP contribution in [0.1, 0.15) is 17.2 Å². The van der Waals surface area contributed by atoms with Gasteiger partial charge in [-0.1, -0.05) is 24.3 Å². The third kappa shape index (κ3) is 0.844. The van der Waals surface area contributed by atoms with Crippen molar-refractivity contribution >= 4 is 11.3 Å². The average Bonchev–Trinajstić information content (AvgIpc) is 2.72. The molecule has 1 heterocycles. The van der Waals surface area contributed by atoms with E-state index in [0.29, 0.717) is 0 Å². The first-order chi connectivity index (χ1) is 6.38. The van der Waals surface area contributed by atoms with E-state index < -0.39 is 6.10 Å². The molecule has 2 heteroatoms. The van der Waals surface area contributed by atoms with Gasteiger partial charge in [-0.2, -0.15) is 0 Å². The van der Waals surface area contributed by atoms with E-state index >= 15 is 0 Å². The molecule has 1 aliphatic rings. The highest BCUT2D eigenvalue weighted by Gasteiger charge is 2.27. The van der Waals surface area contributed by atoms with Crippen LogP contribution >= 0.6 is 11.3 Å². The zero-order chi connectivity index (χ0) is 8.84. The maximum Gasteiger partial charge on any atom is 0.106 e. The van der Waals surface area contributed by atoms with Crippen LogP contribution in [0.25, 0.3) is 10.4 Å². The lowest BCUT2D eigenvalue weighted by atomic mass is 10.1. The molecule has 0 fully saturated rings. The van der Waals surface area contributed by atoms with Crippen molar-refractivity contribution < 1.29 is 5.11 Å². The Morgan fingerprint density at radius 1 is 1.08 bits per heavy atom. The van der Waals surface area contributed by atoms with Crippen LogP contribution in [0.3, 0.4) is 0 Å². The summed E-state index contributed by atoms with van der Waals surface area (Å²) in [4.78, 5) is 1.23. The minimum atomic E-state index is -0.405. The van der Waals surface area contributed by atoms with Gasteiger partial charge in [0.05, 0.1) is 0 Å². The second-order valence-electron chi connectivity index (χ2n) is 3.19. The number of hydrogen-bond acceptors (Lipinski definition) is 2. The molecule has 13 heavy (non-hydrogen) atoms. The predicted molar refractivity (Wildman–Crippen MR) is 53.8 cm³/mol. The second kappa shape index (κ2) is 2.44. The van der Waals surface area contributed by atoms with Crippen LogP contribution in [0.5, 0.6) is 0 Å². The Morgan fingerprint density at radius 2 is 1.92 bits per heavy atom. The summed E-state index contributed by atoms with van der Waals surface area (Å²) in [6.45, 7) is 0. The predicted octanol–water partition coefficient (Wildman–Crippen LogP) is 2.81. The van der Waals surface area contributed by atoms with Crippen molar-refractivity contribution in [3.05, 3.63) is 46.8 Å². The summed E-state index contributed by atoms with van der Waals surface area (Å²) in [6, 6.07) is 10.1. The largest absolute Gasteiger partial charge is 0.384 e. The molecule has 0 saturated heterocycles. The van der Waals surface area contributed by atoms with Gasteiger partial charge in [-0.15, -0.1) is 11.3 Å². The lowest BCUT2D eigenvalue weighted by molar-refractivity contribution is 0.225. The highest BCUT2D eigenvalue weighted by atomic mass is 32.1. The van der Waals surface area contributed by atoms with Crippen molar-refractivity contribution in [1.29, 1.82) is 0 Å². The molecule has 0 radical (unpaired) electrons. The van der Waals surface area contributed by atoms with E-state index in [1.54, 1.807) is 11.3 Å². The summed E-state index contributed by atoms with van der Waals surface area (Å²) in [5, 5.41) is 12.0. The van der Waals surface area contributed by atoms with Gasteiger partial charge in [0.2, 0.25) is 0 Å². The van der Waals surface area contributed by atoms with Gasteiger partial charge in [-0.05, 0) is 22.6 Å². The minimum Gasteiger partial charge on any atom is -0.384 e. The van der Waals surface area contributed by atoms with Crippen LogP contribution in [-0.2, 0) is 0 Å². The first kappa shape index (κ1) is 7.30. The van der Waals surface area contributed by atoms with E-state index in [0.717, 1.165) is 11.1 Å². The van der Waals surface area contributed by atoms with Crippen LogP contribution in [0.15, 0.2) is 35.7 Å². The van der Waals surface area contributed by atoms with Gasteiger partial charge in [0, 0.05) is 10.4 Å². The van der Waals surface area contributed by atoms with Gasteiger partial charge < -0.3 is 5.11 Å². The van der Waals surface area contributed by atoms with Crippen molar-refractivity contribution in [1.82, 2.24) is 0 Å². The molecule has 0 spiro atoms. The highest BCUT2D eigenvalue weighted by Crippen LogP contribution is 2.45. The molecule has 1 nitrogen and oxygen atoms in total. The monoisotopic (exact) mass is 188 g/mol. The van der Waals surface area contributed by atoms with Gasteiger partial charge in [0.15, 0.2) is 0 Å². The van der Waals surface area contributed by atoms with Crippen LogP contribution in [0.4, 0.5) is 0 Å². The first-order valence-electron chi connectivity index (χ1n) is 4.22. The number of fused-ring (bicyclic) bond motifs is 3. The first-order valence-corrected chi connectivity index (χ1v) is 5.10. The van der Waals surface area contributed by atoms with Crippen molar-refractivity contribution in [2.24, 2.45) is 0 Å². The molecule has 1 aliphatic carbocycles. The molecule has 1 atom stereocenters. The van der Waals surface area contributed by atoms with Crippen LogP contribution < -0.4 is 0 Å². The van der Waals surface area contributed by atoms with Crippen LogP contribution in [0.2, 0.25) is 0 Å². The van der Waals surface area contributed by atoms with E-state index in [1.807, 2.05) is 29.6 Å². The number of rotatable bonds is 0. The Hall–Kier alpha value is -1.12. The summed E-state index contributed by atoms with van der Waals surface area (Å²) >= 11 is 1.70. The molecule has 1 aromatic carbocycles. The smallest absolute Gasteiger partial charge is 0.106 e. The standard InChI is InChI=1S/C11H8OS/c12-10-7-3-1-2-4-8(7)11-9(10)5-6-13-11/h1-6,10,12H. The van der Waals surface area contributed by atoms with E-state index in [-0.39, 0.29) is 0 Å². The molecule has 2 aromatic rings. The molecule has 0 bridgehead atoms. The maximum atomic E-state index is 9.93. The third-order valence-electron chi connectivity index (χ3n) is 2.49. The second-order valence-corrected chi connectivity index (χ2v) is 4.11. The van der Waals surface area contributed by atoms with Gasteiger partial charge in [-0.3, -0.25) is 0 Å². The quantitative estimate of drug-likeness (QED) is 0.674. The van der Waals surface area contributed by atoms with E-state index in [1.165, 1.54) is 10.4 Å². The molecule has 0 aliphatic heterocycles. The van der Waals surface area contributed by atoms with Crippen molar-refractivity contribution in [2.45, 2.75) is 6.10 Å². The summed E-state index contributed by atoms with van der Waals surface area (Å²) in [5.74, 6) is 0. The Kier molecular flexibility index (Phi) is 1.37. The number of thiophene rings is 1. The third-order valence-corrected chi connectivity index (χ3v) is 3.45. The molecular weight excluding hydrogens is 180 g/mol. The summed E-state index contributed by atoms with van der Waals surface area (Å²) in [7, 11) is 0. The Balaban J connectivity index is 2.37. The van der Waals surface area contributed by atoms with Gasteiger partial charge in [0.1, 0.15) is 6.10 Å². The van der Waals surface area contributed by atoms with Gasteiger partial charge >= 0.3 is 0 Å². The molecule has 0 amide bonds. The highest BCUT2D eigenvalue weighted by molar-refractivity contribution is 7.13. The van der Waals surface area contributed by atoms with Crippen molar-refractivity contribution in [3.8, 4) is 10.4 Å². The zero-order valence-electron chi connectivity index (χ0n) is 6.90. The Bertz CT molecular complexity index is 459.